The lowest BCUT2D eigenvalue weighted by atomic mass is 10.1. The molecule has 1 saturated heterocycles. The second-order valence-corrected chi connectivity index (χ2v) is 4.06. The molecule has 1 fully saturated rings. The number of rotatable bonds is 3. The molecule has 1 rings (SSSR count). The third-order valence-electron chi connectivity index (χ3n) is 2.44. The highest BCUT2D eigenvalue weighted by Gasteiger charge is 2.15. The monoisotopic (exact) mass is 169 g/mol. The van der Waals surface area contributed by atoms with Crippen molar-refractivity contribution in [1.29, 1.82) is 0 Å². The van der Waals surface area contributed by atoms with Crippen molar-refractivity contribution in [2.45, 2.75) is 33.1 Å². The largest absolute Gasteiger partial charge is 0.302 e. The summed E-state index contributed by atoms with van der Waals surface area (Å²) < 4.78 is 0. The van der Waals surface area contributed by atoms with Gasteiger partial charge >= 0.3 is 0 Å². The number of hydrogen-bond donors (Lipinski definition) is 0. The lowest BCUT2D eigenvalue weighted by Gasteiger charge is -2.26. The fourth-order valence-electron chi connectivity index (χ4n) is 1.47. The quantitative estimate of drug-likeness (QED) is 0.641. The van der Waals surface area contributed by atoms with Crippen LogP contribution in [0.3, 0.4) is 0 Å². The Morgan fingerprint density at radius 1 is 1.33 bits per heavy atom. The Bertz CT molecular complexity index is 144. The molecular weight excluding hydrogens is 150 g/mol. The van der Waals surface area contributed by atoms with Gasteiger partial charge in [0.15, 0.2) is 0 Å². The minimum atomic E-state index is 0.441. The van der Waals surface area contributed by atoms with Crippen molar-refractivity contribution in [2.24, 2.45) is 5.92 Å². The molecular formula is C10H19NO. The first kappa shape index (κ1) is 9.72. The molecule has 0 radical (unpaired) electrons. The highest BCUT2D eigenvalue weighted by Crippen LogP contribution is 2.08. The van der Waals surface area contributed by atoms with Gasteiger partial charge in [0.05, 0.1) is 0 Å². The maximum atomic E-state index is 10.9. The Labute approximate surface area is 74.9 Å². The molecule has 0 aliphatic carbocycles. The molecule has 2 nitrogen and oxygen atoms in total. The predicted molar refractivity (Wildman–Crippen MR) is 50.1 cm³/mol. The van der Waals surface area contributed by atoms with E-state index in [1.165, 1.54) is 13.0 Å². The summed E-state index contributed by atoms with van der Waals surface area (Å²) in [5, 5.41) is 0. The molecule has 70 valence electrons. The third kappa shape index (κ3) is 3.35. The predicted octanol–water partition coefficient (Wildman–Crippen LogP) is 1.70. The Kier molecular flexibility index (Phi) is 3.73. The van der Waals surface area contributed by atoms with E-state index in [1.54, 1.807) is 0 Å². The molecule has 0 bridgehead atoms. The van der Waals surface area contributed by atoms with E-state index in [2.05, 4.69) is 18.7 Å². The lowest BCUT2D eigenvalue weighted by Crippen LogP contribution is -2.34. The van der Waals surface area contributed by atoms with Crippen LogP contribution in [-0.2, 0) is 4.79 Å². The molecule has 0 aromatic rings. The normalized spacial score (nSPS) is 20.4. The summed E-state index contributed by atoms with van der Waals surface area (Å²) >= 11 is 0. The van der Waals surface area contributed by atoms with Crippen molar-refractivity contribution in [3.8, 4) is 0 Å². The maximum absolute atomic E-state index is 10.9. The molecule has 0 atom stereocenters. The summed E-state index contributed by atoms with van der Waals surface area (Å²) in [6, 6.07) is 0. The van der Waals surface area contributed by atoms with Gasteiger partial charge in [-0.25, -0.2) is 0 Å². The molecule has 0 N–H and O–H groups in total. The Hall–Kier alpha value is -0.370. The molecule has 12 heavy (non-hydrogen) atoms. The van der Waals surface area contributed by atoms with Crippen LogP contribution in [0.1, 0.15) is 33.1 Å². The van der Waals surface area contributed by atoms with Crippen molar-refractivity contribution in [3.63, 3.8) is 0 Å². The van der Waals surface area contributed by atoms with Gasteiger partial charge in [0, 0.05) is 25.9 Å². The Balaban J connectivity index is 2.13. The summed E-state index contributed by atoms with van der Waals surface area (Å²) in [7, 11) is 0. The van der Waals surface area contributed by atoms with Crippen LogP contribution in [0, 0.1) is 5.92 Å². The van der Waals surface area contributed by atoms with E-state index >= 15 is 0 Å². The first-order chi connectivity index (χ1) is 5.68. The van der Waals surface area contributed by atoms with E-state index in [0.29, 0.717) is 5.78 Å². The first-order valence-corrected chi connectivity index (χ1v) is 4.92. The van der Waals surface area contributed by atoms with E-state index in [0.717, 1.165) is 31.8 Å². The van der Waals surface area contributed by atoms with Crippen LogP contribution in [-0.4, -0.2) is 30.3 Å². The van der Waals surface area contributed by atoms with E-state index < -0.39 is 0 Å². The molecule has 0 amide bonds. The Morgan fingerprint density at radius 3 is 2.42 bits per heavy atom. The summed E-state index contributed by atoms with van der Waals surface area (Å²) in [6.45, 7) is 7.65. The van der Waals surface area contributed by atoms with Crippen molar-refractivity contribution >= 4 is 5.78 Å². The topological polar surface area (TPSA) is 20.3 Å². The second kappa shape index (κ2) is 4.61. The molecule has 1 aliphatic heterocycles. The molecule has 0 saturated carbocycles. The summed E-state index contributed by atoms with van der Waals surface area (Å²) in [4.78, 5) is 13.3. The summed E-state index contributed by atoms with van der Waals surface area (Å²) in [5.74, 6) is 1.22. The molecule has 1 heterocycles. The number of nitrogens with zero attached hydrogens (tertiary/aromatic N) is 1. The van der Waals surface area contributed by atoms with Crippen LogP contribution >= 0.6 is 0 Å². The van der Waals surface area contributed by atoms with E-state index in [1.807, 2.05) is 0 Å². The molecule has 1 aliphatic rings. The number of hydrogen-bond acceptors (Lipinski definition) is 2. The minimum absolute atomic E-state index is 0.441. The molecule has 2 heteroatoms. The van der Waals surface area contributed by atoms with Crippen molar-refractivity contribution in [3.05, 3.63) is 0 Å². The van der Waals surface area contributed by atoms with Gasteiger partial charge in [0.2, 0.25) is 0 Å². The van der Waals surface area contributed by atoms with E-state index in [9.17, 15) is 4.79 Å². The van der Waals surface area contributed by atoms with Crippen molar-refractivity contribution < 1.29 is 4.79 Å². The minimum Gasteiger partial charge on any atom is -0.302 e. The van der Waals surface area contributed by atoms with Crippen molar-refractivity contribution in [2.75, 3.05) is 19.6 Å². The van der Waals surface area contributed by atoms with Crippen LogP contribution in [0.5, 0.6) is 0 Å². The fraction of sp³-hybridized carbons (Fsp3) is 0.900. The number of ketones is 1. The molecule has 0 aromatic heterocycles. The average Bonchev–Trinajstić information content (AvgIpc) is 2.03. The van der Waals surface area contributed by atoms with Crippen molar-refractivity contribution in [1.82, 2.24) is 4.90 Å². The van der Waals surface area contributed by atoms with Gasteiger partial charge in [-0.15, -0.1) is 0 Å². The zero-order chi connectivity index (χ0) is 8.97. The highest BCUT2D eigenvalue weighted by molar-refractivity contribution is 5.79. The van der Waals surface area contributed by atoms with Gasteiger partial charge in [-0.1, -0.05) is 13.8 Å². The number of carbonyl (C=O) groups excluding carboxylic acids is 1. The standard InChI is InChI=1S/C10H19NO/c1-9(2)3-6-11-7-4-10(12)5-8-11/h9H,3-8H2,1-2H3. The van der Waals surface area contributed by atoms with E-state index in [4.69, 9.17) is 0 Å². The number of likely N-dealkylation sites (tertiary alicyclic amines) is 1. The molecule has 0 spiro atoms. The zero-order valence-corrected chi connectivity index (χ0v) is 8.18. The first-order valence-electron chi connectivity index (χ1n) is 4.92. The van der Waals surface area contributed by atoms with Gasteiger partial charge in [0.25, 0.3) is 0 Å². The zero-order valence-electron chi connectivity index (χ0n) is 8.18. The van der Waals surface area contributed by atoms with Crippen LogP contribution in [0.25, 0.3) is 0 Å². The Morgan fingerprint density at radius 2 is 1.92 bits per heavy atom. The SMILES string of the molecule is CC(C)CCN1CCC(=O)CC1. The van der Waals surface area contributed by atoms with E-state index in [-0.39, 0.29) is 0 Å². The van der Waals surface area contributed by atoms with Gasteiger partial charge in [-0.05, 0) is 18.9 Å². The van der Waals surface area contributed by atoms with Crippen LogP contribution in [0.15, 0.2) is 0 Å². The fourth-order valence-corrected chi connectivity index (χ4v) is 1.47. The molecule has 0 unspecified atom stereocenters. The molecule has 0 aromatic carbocycles. The number of carbonyl (C=O) groups is 1. The van der Waals surface area contributed by atoms with Gasteiger partial charge < -0.3 is 4.90 Å². The highest BCUT2D eigenvalue weighted by atomic mass is 16.1. The van der Waals surface area contributed by atoms with Gasteiger partial charge in [0.1, 0.15) is 5.78 Å². The summed E-state index contributed by atoms with van der Waals surface area (Å²) in [6.07, 6.45) is 2.81. The van der Waals surface area contributed by atoms with Gasteiger partial charge in [-0.2, -0.15) is 0 Å². The van der Waals surface area contributed by atoms with Crippen LogP contribution in [0.2, 0.25) is 0 Å². The summed E-state index contributed by atoms with van der Waals surface area (Å²) in [5.41, 5.74) is 0. The second-order valence-electron chi connectivity index (χ2n) is 4.06. The number of piperidine rings is 1. The van der Waals surface area contributed by atoms with Crippen LogP contribution < -0.4 is 0 Å². The maximum Gasteiger partial charge on any atom is 0.135 e. The average molecular weight is 169 g/mol. The number of Topliss-reactive ketones (excluding diaryl/α,β-unsaturated/α-hetero) is 1. The van der Waals surface area contributed by atoms with Gasteiger partial charge in [-0.3, -0.25) is 4.79 Å². The lowest BCUT2D eigenvalue weighted by molar-refractivity contribution is -0.121. The smallest absolute Gasteiger partial charge is 0.135 e. The third-order valence-corrected chi connectivity index (χ3v) is 2.44. The van der Waals surface area contributed by atoms with Crippen LogP contribution in [0.4, 0.5) is 0 Å².